The van der Waals surface area contributed by atoms with Crippen LogP contribution in [0.2, 0.25) is 0 Å². The highest BCUT2D eigenvalue weighted by atomic mass is 14.2. The molecule has 0 fully saturated rings. The summed E-state index contributed by atoms with van der Waals surface area (Å²) in [4.78, 5) is 0. The van der Waals surface area contributed by atoms with Crippen LogP contribution in [0.1, 0.15) is 40.0 Å². The highest BCUT2D eigenvalue weighted by Gasteiger charge is 2.17. The number of rotatable bonds is 2. The maximum Gasteiger partial charge on any atom is -0.00578 e. The maximum absolute atomic E-state index is 2.28. The van der Waals surface area contributed by atoms with Crippen LogP contribution in [-0.2, 0) is 0 Å². The van der Waals surface area contributed by atoms with Gasteiger partial charge in [0.1, 0.15) is 0 Å². The highest BCUT2D eigenvalue weighted by Crippen LogP contribution is 2.36. The zero-order valence-electron chi connectivity index (χ0n) is 11.7. The van der Waals surface area contributed by atoms with Gasteiger partial charge in [0.05, 0.1) is 0 Å². The van der Waals surface area contributed by atoms with Gasteiger partial charge in [-0.05, 0) is 55.4 Å². The quantitative estimate of drug-likeness (QED) is 0.601. The van der Waals surface area contributed by atoms with Gasteiger partial charge in [0.2, 0.25) is 0 Å². The Morgan fingerprint density at radius 2 is 1.83 bits per heavy atom. The summed E-state index contributed by atoms with van der Waals surface area (Å²) in [6.45, 7) is 6.67. The van der Waals surface area contributed by atoms with Crippen molar-refractivity contribution in [2.45, 2.75) is 40.0 Å². The summed E-state index contributed by atoms with van der Waals surface area (Å²) in [5.74, 6) is 0. The van der Waals surface area contributed by atoms with E-state index < -0.39 is 0 Å². The molecule has 0 nitrogen and oxygen atoms in total. The van der Waals surface area contributed by atoms with Gasteiger partial charge in [-0.2, -0.15) is 0 Å². The van der Waals surface area contributed by atoms with Crippen LogP contribution in [0, 0.1) is 0 Å². The first-order valence-corrected chi connectivity index (χ1v) is 6.84. The van der Waals surface area contributed by atoms with Gasteiger partial charge in [-0.15, -0.1) is 0 Å². The molecule has 0 amide bonds. The average molecular weight is 238 g/mol. The lowest BCUT2D eigenvalue weighted by Gasteiger charge is -2.22. The van der Waals surface area contributed by atoms with Gasteiger partial charge < -0.3 is 0 Å². The smallest absolute Gasteiger partial charge is 0.00578 e. The van der Waals surface area contributed by atoms with Crippen LogP contribution in [-0.4, -0.2) is 0 Å². The lowest BCUT2D eigenvalue weighted by atomic mass is 9.83. The second-order valence-electron chi connectivity index (χ2n) is 4.98. The van der Waals surface area contributed by atoms with Crippen molar-refractivity contribution >= 4 is 0 Å². The van der Waals surface area contributed by atoms with Crippen molar-refractivity contribution in [3.63, 3.8) is 0 Å². The lowest BCUT2D eigenvalue weighted by molar-refractivity contribution is 1.05. The summed E-state index contributed by atoms with van der Waals surface area (Å²) >= 11 is 0. The van der Waals surface area contributed by atoms with Crippen molar-refractivity contribution in [1.82, 2.24) is 0 Å². The van der Waals surface area contributed by atoms with Crippen LogP contribution in [0.3, 0.4) is 0 Å². The van der Waals surface area contributed by atoms with Crippen molar-refractivity contribution in [2.75, 3.05) is 0 Å². The third-order valence-corrected chi connectivity index (χ3v) is 3.60. The van der Waals surface area contributed by atoms with Crippen LogP contribution < -0.4 is 0 Å². The van der Waals surface area contributed by atoms with Crippen LogP contribution in [0.4, 0.5) is 0 Å². The molecule has 0 heterocycles. The Morgan fingerprint density at radius 3 is 2.56 bits per heavy atom. The Hall–Kier alpha value is -1.56. The third-order valence-electron chi connectivity index (χ3n) is 3.60. The summed E-state index contributed by atoms with van der Waals surface area (Å²) in [7, 11) is 0. The molecule has 2 aliphatic rings. The fourth-order valence-electron chi connectivity index (χ4n) is 2.52. The molecule has 0 aromatic carbocycles. The normalized spacial score (nSPS) is 22.1. The van der Waals surface area contributed by atoms with E-state index in [1.807, 2.05) is 0 Å². The molecule has 0 bridgehead atoms. The summed E-state index contributed by atoms with van der Waals surface area (Å²) in [6, 6.07) is 0. The van der Waals surface area contributed by atoms with Gasteiger partial charge >= 0.3 is 0 Å². The van der Waals surface area contributed by atoms with E-state index in [0.717, 1.165) is 19.3 Å². The zero-order valence-corrected chi connectivity index (χ0v) is 11.7. The fourth-order valence-corrected chi connectivity index (χ4v) is 2.52. The first-order chi connectivity index (χ1) is 8.74. The van der Waals surface area contributed by atoms with E-state index in [0.29, 0.717) is 0 Å². The van der Waals surface area contributed by atoms with Gasteiger partial charge in [0.15, 0.2) is 0 Å². The van der Waals surface area contributed by atoms with Gasteiger partial charge in [-0.1, -0.05) is 55.0 Å². The van der Waals surface area contributed by atoms with Crippen LogP contribution in [0.25, 0.3) is 0 Å². The average Bonchev–Trinajstić information content (AvgIpc) is 2.61. The Balaban J connectivity index is 2.43. The molecule has 0 saturated heterocycles. The predicted molar refractivity (Wildman–Crippen MR) is 80.4 cm³/mol. The molecule has 0 heteroatoms. The molecular formula is C18H22. The van der Waals surface area contributed by atoms with Crippen molar-refractivity contribution in [3.8, 4) is 0 Å². The highest BCUT2D eigenvalue weighted by molar-refractivity contribution is 5.61. The molecule has 0 aromatic heterocycles. The number of fused-ring (bicyclic) bond motifs is 1. The monoisotopic (exact) mass is 238 g/mol. The first kappa shape index (κ1) is 12.9. The van der Waals surface area contributed by atoms with E-state index in [4.69, 9.17) is 0 Å². The Bertz CT molecular complexity index is 502. The van der Waals surface area contributed by atoms with Crippen molar-refractivity contribution in [3.05, 3.63) is 70.4 Å². The van der Waals surface area contributed by atoms with Gasteiger partial charge in [0.25, 0.3) is 0 Å². The molecule has 2 aliphatic carbocycles. The molecule has 0 spiro atoms. The van der Waals surface area contributed by atoms with Gasteiger partial charge in [0, 0.05) is 0 Å². The minimum absolute atomic E-state index is 1.04. The summed E-state index contributed by atoms with van der Waals surface area (Å²) < 4.78 is 0. The molecule has 94 valence electrons. The minimum Gasteiger partial charge on any atom is -0.0848 e. The molecule has 0 unspecified atom stereocenters. The largest absolute Gasteiger partial charge is 0.0848 e. The van der Waals surface area contributed by atoms with Gasteiger partial charge in [-0.25, -0.2) is 0 Å². The standard InChI is InChI=1S/C18H22/c1-4-5-7-10-16-13-14(2)17-11-8-6-9-12-18(17)15(16)3/h5,7-12H,4,6,13H2,1-3H3/b7-5-,16-10+. The summed E-state index contributed by atoms with van der Waals surface area (Å²) in [5.41, 5.74) is 7.20. The van der Waals surface area contributed by atoms with E-state index >= 15 is 0 Å². The van der Waals surface area contributed by atoms with Crippen molar-refractivity contribution < 1.29 is 0 Å². The Labute approximate surface area is 111 Å². The number of hydrogen-bond donors (Lipinski definition) is 0. The van der Waals surface area contributed by atoms with Crippen molar-refractivity contribution in [2.24, 2.45) is 0 Å². The Morgan fingerprint density at radius 1 is 1.11 bits per heavy atom. The van der Waals surface area contributed by atoms with E-state index in [1.165, 1.54) is 27.9 Å². The molecule has 18 heavy (non-hydrogen) atoms. The predicted octanol–water partition coefficient (Wildman–Crippen LogP) is 5.43. The van der Waals surface area contributed by atoms with E-state index in [1.54, 1.807) is 0 Å². The first-order valence-electron chi connectivity index (χ1n) is 6.84. The lowest BCUT2D eigenvalue weighted by Crippen LogP contribution is -2.03. The van der Waals surface area contributed by atoms with Gasteiger partial charge in [-0.3, -0.25) is 0 Å². The molecule has 0 saturated carbocycles. The second-order valence-corrected chi connectivity index (χ2v) is 4.98. The molecule has 0 atom stereocenters. The van der Waals surface area contributed by atoms with Crippen LogP contribution >= 0.6 is 0 Å². The molecular weight excluding hydrogens is 216 g/mol. The van der Waals surface area contributed by atoms with Crippen molar-refractivity contribution in [1.29, 1.82) is 0 Å². The topological polar surface area (TPSA) is 0 Å². The fraction of sp³-hybridized carbons (Fsp3) is 0.333. The summed E-state index contributed by atoms with van der Waals surface area (Å²) in [5, 5.41) is 0. The molecule has 2 rings (SSSR count). The number of hydrogen-bond acceptors (Lipinski definition) is 0. The molecule has 0 N–H and O–H groups in total. The zero-order chi connectivity index (χ0) is 13.0. The number of allylic oxidation sites excluding steroid dienone is 12. The Kier molecular flexibility index (Phi) is 4.19. The maximum atomic E-state index is 2.28. The SMILES string of the molecule is CC/C=C\C=C1/CC(C)=C2C=CCC=CC2=C1C. The van der Waals surface area contributed by atoms with Crippen LogP contribution in [0.15, 0.2) is 70.4 Å². The third kappa shape index (κ3) is 2.64. The second kappa shape index (κ2) is 5.86. The van der Waals surface area contributed by atoms with E-state index in [2.05, 4.69) is 63.3 Å². The molecule has 0 aromatic rings. The molecule has 0 aliphatic heterocycles. The van der Waals surface area contributed by atoms with E-state index in [-0.39, 0.29) is 0 Å². The van der Waals surface area contributed by atoms with Crippen LogP contribution in [0.5, 0.6) is 0 Å². The molecule has 0 radical (unpaired) electrons. The summed E-state index contributed by atoms with van der Waals surface area (Å²) in [6.07, 6.45) is 19.0. The minimum atomic E-state index is 1.04. The van der Waals surface area contributed by atoms with E-state index in [9.17, 15) is 0 Å².